The first-order valence-electron chi connectivity index (χ1n) is 6.70. The molecule has 2 aromatic carbocycles. The minimum atomic E-state index is -1.25. The van der Waals surface area contributed by atoms with E-state index < -0.39 is 11.4 Å². The molecule has 1 atom stereocenters. The van der Waals surface area contributed by atoms with Gasteiger partial charge in [0, 0.05) is 12.8 Å². The van der Waals surface area contributed by atoms with Crippen LogP contribution in [0.2, 0.25) is 0 Å². The molecule has 0 aliphatic rings. The van der Waals surface area contributed by atoms with E-state index >= 15 is 0 Å². The van der Waals surface area contributed by atoms with E-state index in [2.05, 4.69) is 0 Å². The Bertz CT molecular complexity index is 624. The van der Waals surface area contributed by atoms with Gasteiger partial charge in [-0.25, -0.2) is 8.78 Å². The van der Waals surface area contributed by atoms with Crippen molar-refractivity contribution in [3.05, 3.63) is 65.2 Å². The van der Waals surface area contributed by atoms with Crippen LogP contribution in [0.5, 0.6) is 5.75 Å². The molecule has 0 saturated carbocycles. The van der Waals surface area contributed by atoms with Crippen LogP contribution >= 0.6 is 0 Å². The maximum Gasteiger partial charge on any atom is 0.168 e. The van der Waals surface area contributed by atoms with Crippen LogP contribution in [-0.2, 0) is 12.8 Å². The highest BCUT2D eigenvalue weighted by molar-refractivity contribution is 5.32. The highest BCUT2D eigenvalue weighted by Crippen LogP contribution is 2.26. The fourth-order valence-electron chi connectivity index (χ4n) is 2.38. The van der Waals surface area contributed by atoms with Gasteiger partial charge in [0.15, 0.2) is 11.6 Å². The molecular weight excluding hydrogens is 274 g/mol. The van der Waals surface area contributed by atoms with Crippen LogP contribution in [0, 0.1) is 11.6 Å². The average molecular weight is 292 g/mol. The molecule has 0 aromatic heterocycles. The lowest BCUT2D eigenvalue weighted by atomic mass is 9.89. The third kappa shape index (κ3) is 3.79. The Morgan fingerprint density at radius 3 is 2.29 bits per heavy atom. The molecule has 0 amide bonds. The Morgan fingerprint density at radius 1 is 1.00 bits per heavy atom. The summed E-state index contributed by atoms with van der Waals surface area (Å²) in [5, 5.41) is 10.5. The van der Waals surface area contributed by atoms with Gasteiger partial charge < -0.3 is 9.84 Å². The summed E-state index contributed by atoms with van der Waals surface area (Å²) < 4.78 is 32.7. The molecule has 0 fully saturated rings. The van der Waals surface area contributed by atoms with E-state index in [1.807, 2.05) is 0 Å². The highest BCUT2D eigenvalue weighted by atomic mass is 19.1. The maximum absolute atomic E-state index is 14.1. The quantitative estimate of drug-likeness (QED) is 0.914. The van der Waals surface area contributed by atoms with Gasteiger partial charge in [0.25, 0.3) is 0 Å². The fraction of sp³-hybridized carbons (Fsp3) is 0.294. The zero-order valence-electron chi connectivity index (χ0n) is 12.1. The Hall–Kier alpha value is -1.94. The van der Waals surface area contributed by atoms with Crippen molar-refractivity contribution in [3.63, 3.8) is 0 Å². The second-order valence-electron chi connectivity index (χ2n) is 5.38. The standard InChI is InChI=1S/C17H18F2O2/c1-17(20,10-12-6-3-4-8-14(12)18)11-13-7-5-9-15(21-2)16(13)19/h3-9,20H,10-11H2,1-2H3. The SMILES string of the molecule is COc1cccc(CC(C)(O)Cc2ccccc2F)c1F. The monoisotopic (exact) mass is 292 g/mol. The third-order valence-electron chi connectivity index (χ3n) is 3.36. The number of rotatable bonds is 5. The van der Waals surface area contributed by atoms with Gasteiger partial charge in [-0.2, -0.15) is 0 Å². The predicted octanol–water partition coefficient (Wildman–Crippen LogP) is 3.51. The van der Waals surface area contributed by atoms with Gasteiger partial charge in [0.05, 0.1) is 12.7 Å². The first-order chi connectivity index (χ1) is 9.93. The Labute approximate surface area is 123 Å². The molecule has 0 radical (unpaired) electrons. The van der Waals surface area contributed by atoms with E-state index in [0.29, 0.717) is 11.1 Å². The van der Waals surface area contributed by atoms with E-state index in [9.17, 15) is 13.9 Å². The van der Waals surface area contributed by atoms with Gasteiger partial charge in [0.1, 0.15) is 5.82 Å². The molecular formula is C17H18F2O2. The van der Waals surface area contributed by atoms with Crippen LogP contribution in [0.3, 0.4) is 0 Å². The van der Waals surface area contributed by atoms with Gasteiger partial charge in [-0.15, -0.1) is 0 Å². The summed E-state index contributed by atoms with van der Waals surface area (Å²) in [6, 6.07) is 11.0. The van der Waals surface area contributed by atoms with Gasteiger partial charge in [0.2, 0.25) is 0 Å². The van der Waals surface area contributed by atoms with Gasteiger partial charge in [-0.3, -0.25) is 0 Å². The molecule has 112 valence electrons. The minimum absolute atomic E-state index is 0.0738. The molecule has 0 aliphatic carbocycles. The van der Waals surface area contributed by atoms with Crippen molar-refractivity contribution in [1.82, 2.24) is 0 Å². The van der Waals surface area contributed by atoms with E-state index in [1.54, 1.807) is 37.3 Å². The Kier molecular flexibility index (Phi) is 4.58. The molecule has 21 heavy (non-hydrogen) atoms. The van der Waals surface area contributed by atoms with Gasteiger partial charge in [-0.05, 0) is 30.2 Å². The lowest BCUT2D eigenvalue weighted by Gasteiger charge is -2.24. The number of ether oxygens (including phenoxy) is 1. The number of aliphatic hydroxyl groups is 1. The minimum Gasteiger partial charge on any atom is -0.494 e. The Morgan fingerprint density at radius 2 is 1.62 bits per heavy atom. The number of hydrogen-bond acceptors (Lipinski definition) is 2. The molecule has 2 nitrogen and oxygen atoms in total. The first kappa shape index (κ1) is 15.4. The van der Waals surface area contributed by atoms with Crippen LogP contribution < -0.4 is 4.74 Å². The summed E-state index contributed by atoms with van der Waals surface area (Å²) in [5.74, 6) is -0.730. The fourth-order valence-corrected chi connectivity index (χ4v) is 2.38. The highest BCUT2D eigenvalue weighted by Gasteiger charge is 2.25. The molecule has 0 saturated heterocycles. The number of halogens is 2. The molecule has 0 bridgehead atoms. The molecule has 0 aliphatic heterocycles. The van der Waals surface area contributed by atoms with Crippen molar-refractivity contribution in [2.75, 3.05) is 7.11 Å². The molecule has 0 heterocycles. The van der Waals surface area contributed by atoms with Crippen LogP contribution in [-0.4, -0.2) is 17.8 Å². The predicted molar refractivity (Wildman–Crippen MR) is 77.4 cm³/mol. The largest absolute Gasteiger partial charge is 0.494 e. The molecule has 2 rings (SSSR count). The zero-order valence-corrected chi connectivity index (χ0v) is 12.1. The molecule has 1 N–H and O–H groups in total. The van der Waals surface area contributed by atoms with E-state index in [1.165, 1.54) is 19.2 Å². The lowest BCUT2D eigenvalue weighted by Crippen LogP contribution is -2.31. The van der Waals surface area contributed by atoms with Crippen molar-refractivity contribution in [3.8, 4) is 5.75 Å². The summed E-state index contributed by atoms with van der Waals surface area (Å²) >= 11 is 0. The van der Waals surface area contributed by atoms with Crippen molar-refractivity contribution < 1.29 is 18.6 Å². The van der Waals surface area contributed by atoms with Crippen molar-refractivity contribution in [1.29, 1.82) is 0 Å². The zero-order chi connectivity index (χ0) is 15.5. The molecule has 4 heteroatoms. The lowest BCUT2D eigenvalue weighted by molar-refractivity contribution is 0.0589. The number of benzene rings is 2. The van der Waals surface area contributed by atoms with Gasteiger partial charge >= 0.3 is 0 Å². The second-order valence-corrected chi connectivity index (χ2v) is 5.38. The van der Waals surface area contributed by atoms with Crippen molar-refractivity contribution in [2.24, 2.45) is 0 Å². The molecule has 0 spiro atoms. The third-order valence-corrected chi connectivity index (χ3v) is 3.36. The van der Waals surface area contributed by atoms with Crippen molar-refractivity contribution >= 4 is 0 Å². The maximum atomic E-state index is 14.1. The average Bonchev–Trinajstić information content (AvgIpc) is 2.43. The summed E-state index contributed by atoms with van der Waals surface area (Å²) in [6.45, 7) is 1.57. The summed E-state index contributed by atoms with van der Waals surface area (Å²) in [5.41, 5.74) is -0.503. The van der Waals surface area contributed by atoms with E-state index in [0.717, 1.165) is 0 Å². The van der Waals surface area contributed by atoms with Gasteiger partial charge in [-0.1, -0.05) is 30.3 Å². The molecule has 2 aromatic rings. The molecule has 1 unspecified atom stereocenters. The van der Waals surface area contributed by atoms with E-state index in [4.69, 9.17) is 4.74 Å². The van der Waals surface area contributed by atoms with Crippen LogP contribution in [0.1, 0.15) is 18.1 Å². The van der Waals surface area contributed by atoms with Crippen LogP contribution in [0.15, 0.2) is 42.5 Å². The second kappa shape index (κ2) is 6.22. The normalized spacial score (nSPS) is 13.8. The summed E-state index contributed by atoms with van der Waals surface area (Å²) in [7, 11) is 1.39. The van der Waals surface area contributed by atoms with Crippen LogP contribution in [0.25, 0.3) is 0 Å². The van der Waals surface area contributed by atoms with Crippen molar-refractivity contribution in [2.45, 2.75) is 25.4 Å². The number of hydrogen-bond donors (Lipinski definition) is 1. The summed E-state index contributed by atoms with van der Waals surface area (Å²) in [4.78, 5) is 0. The smallest absolute Gasteiger partial charge is 0.168 e. The van der Waals surface area contributed by atoms with Crippen LogP contribution in [0.4, 0.5) is 8.78 Å². The summed E-state index contributed by atoms with van der Waals surface area (Å²) in [6.07, 6.45) is 0.181. The number of methoxy groups -OCH3 is 1. The first-order valence-corrected chi connectivity index (χ1v) is 6.70. The van der Waals surface area contributed by atoms with E-state index in [-0.39, 0.29) is 24.4 Å². The Balaban J connectivity index is 2.20. The topological polar surface area (TPSA) is 29.5 Å².